The van der Waals surface area contributed by atoms with Gasteiger partial charge in [0.2, 0.25) is 0 Å². The molecule has 2 aliphatic rings. The monoisotopic (exact) mass is 170 g/mol. The second kappa shape index (κ2) is 3.05. The highest BCUT2D eigenvalue weighted by Crippen LogP contribution is 2.33. The SMILES string of the molecule is CCC1=NN2CCCCC2S1. The molecule has 0 spiro atoms. The molecule has 0 aromatic carbocycles. The number of fused-ring (bicyclic) bond motifs is 1. The zero-order valence-electron chi connectivity index (χ0n) is 6.92. The van der Waals surface area contributed by atoms with Gasteiger partial charge in [-0.1, -0.05) is 18.7 Å². The molecule has 2 rings (SSSR count). The van der Waals surface area contributed by atoms with Gasteiger partial charge in [0.15, 0.2) is 0 Å². The maximum Gasteiger partial charge on any atom is 0.0980 e. The Bertz CT molecular complexity index is 179. The van der Waals surface area contributed by atoms with Crippen LogP contribution in [0.3, 0.4) is 0 Å². The van der Waals surface area contributed by atoms with E-state index in [2.05, 4.69) is 17.0 Å². The fraction of sp³-hybridized carbons (Fsp3) is 0.875. The summed E-state index contributed by atoms with van der Waals surface area (Å²) >= 11 is 1.97. The molecule has 0 aromatic rings. The Morgan fingerprint density at radius 2 is 2.55 bits per heavy atom. The van der Waals surface area contributed by atoms with Crippen LogP contribution in [0.25, 0.3) is 0 Å². The van der Waals surface area contributed by atoms with Crippen molar-refractivity contribution in [2.75, 3.05) is 6.54 Å². The summed E-state index contributed by atoms with van der Waals surface area (Å²) in [7, 11) is 0. The highest BCUT2D eigenvalue weighted by molar-refractivity contribution is 8.14. The van der Waals surface area contributed by atoms with Crippen LogP contribution < -0.4 is 0 Å². The van der Waals surface area contributed by atoms with E-state index >= 15 is 0 Å². The molecule has 62 valence electrons. The summed E-state index contributed by atoms with van der Waals surface area (Å²) in [6, 6.07) is 0. The third kappa shape index (κ3) is 1.39. The normalized spacial score (nSPS) is 30.1. The number of rotatable bonds is 1. The second-order valence-corrected chi connectivity index (χ2v) is 4.33. The number of nitrogens with zero attached hydrogens (tertiary/aromatic N) is 2. The van der Waals surface area contributed by atoms with Crippen molar-refractivity contribution in [1.29, 1.82) is 0 Å². The first-order chi connectivity index (χ1) is 5.40. The van der Waals surface area contributed by atoms with Gasteiger partial charge in [0, 0.05) is 6.54 Å². The topological polar surface area (TPSA) is 15.6 Å². The van der Waals surface area contributed by atoms with Gasteiger partial charge < -0.3 is 0 Å². The first kappa shape index (κ1) is 7.47. The molecule has 2 heterocycles. The van der Waals surface area contributed by atoms with Crippen molar-refractivity contribution in [1.82, 2.24) is 5.01 Å². The number of hydrogen-bond acceptors (Lipinski definition) is 3. The van der Waals surface area contributed by atoms with Crippen LogP contribution >= 0.6 is 11.8 Å². The molecule has 2 nitrogen and oxygen atoms in total. The van der Waals surface area contributed by atoms with Gasteiger partial charge in [-0.25, -0.2) is 0 Å². The number of thioether (sulfide) groups is 1. The molecule has 0 radical (unpaired) electrons. The molecular formula is C8H14N2S. The van der Waals surface area contributed by atoms with E-state index in [1.807, 2.05) is 11.8 Å². The lowest BCUT2D eigenvalue weighted by Gasteiger charge is -2.26. The Kier molecular flexibility index (Phi) is 2.07. The highest BCUT2D eigenvalue weighted by atomic mass is 32.2. The van der Waals surface area contributed by atoms with Crippen molar-refractivity contribution in [3.63, 3.8) is 0 Å². The van der Waals surface area contributed by atoms with Crippen molar-refractivity contribution in [3.8, 4) is 0 Å². The summed E-state index contributed by atoms with van der Waals surface area (Å²) in [4.78, 5) is 0. The lowest BCUT2D eigenvalue weighted by molar-refractivity contribution is 0.222. The average molecular weight is 170 g/mol. The molecule has 1 unspecified atom stereocenters. The van der Waals surface area contributed by atoms with Crippen LogP contribution in [0, 0.1) is 0 Å². The van der Waals surface area contributed by atoms with Crippen LogP contribution in [-0.2, 0) is 0 Å². The Morgan fingerprint density at radius 3 is 3.27 bits per heavy atom. The molecule has 0 amide bonds. The van der Waals surface area contributed by atoms with Gasteiger partial charge in [0.1, 0.15) is 0 Å². The molecule has 2 aliphatic heterocycles. The van der Waals surface area contributed by atoms with Crippen molar-refractivity contribution in [2.45, 2.75) is 38.0 Å². The predicted molar refractivity (Wildman–Crippen MR) is 49.7 cm³/mol. The van der Waals surface area contributed by atoms with Crippen LogP contribution in [0.2, 0.25) is 0 Å². The summed E-state index contributed by atoms with van der Waals surface area (Å²) in [6.45, 7) is 3.37. The van der Waals surface area contributed by atoms with Crippen molar-refractivity contribution < 1.29 is 0 Å². The minimum Gasteiger partial charge on any atom is -0.283 e. The van der Waals surface area contributed by atoms with Gasteiger partial charge in [-0.3, -0.25) is 5.01 Å². The Balaban J connectivity index is 2.02. The van der Waals surface area contributed by atoms with E-state index in [0.717, 1.165) is 6.42 Å². The minimum atomic E-state index is 0.693. The van der Waals surface area contributed by atoms with Crippen molar-refractivity contribution >= 4 is 16.8 Å². The van der Waals surface area contributed by atoms with Gasteiger partial charge in [-0.05, 0) is 25.7 Å². The van der Waals surface area contributed by atoms with Gasteiger partial charge in [-0.15, -0.1) is 0 Å². The second-order valence-electron chi connectivity index (χ2n) is 3.08. The first-order valence-electron chi connectivity index (χ1n) is 4.41. The molecule has 0 aromatic heterocycles. The van der Waals surface area contributed by atoms with E-state index < -0.39 is 0 Å². The zero-order valence-corrected chi connectivity index (χ0v) is 7.73. The molecule has 0 saturated carbocycles. The van der Waals surface area contributed by atoms with Gasteiger partial charge in [0.05, 0.1) is 10.4 Å². The summed E-state index contributed by atoms with van der Waals surface area (Å²) in [5.74, 6) is 0. The summed E-state index contributed by atoms with van der Waals surface area (Å²) in [5, 5.41) is 8.84. The number of hydrogen-bond donors (Lipinski definition) is 0. The largest absolute Gasteiger partial charge is 0.283 e. The lowest BCUT2D eigenvalue weighted by atomic mass is 10.2. The highest BCUT2D eigenvalue weighted by Gasteiger charge is 2.28. The fourth-order valence-electron chi connectivity index (χ4n) is 1.60. The fourth-order valence-corrected chi connectivity index (χ4v) is 2.79. The van der Waals surface area contributed by atoms with Crippen LogP contribution in [-0.4, -0.2) is 22.0 Å². The lowest BCUT2D eigenvalue weighted by Crippen LogP contribution is -2.29. The quantitative estimate of drug-likeness (QED) is 0.600. The molecule has 1 fully saturated rings. The predicted octanol–water partition coefficient (Wildman–Crippen LogP) is 2.27. The zero-order chi connectivity index (χ0) is 7.68. The first-order valence-corrected chi connectivity index (χ1v) is 5.29. The van der Waals surface area contributed by atoms with Gasteiger partial charge in [0.25, 0.3) is 0 Å². The number of hydrazone groups is 1. The van der Waals surface area contributed by atoms with E-state index in [4.69, 9.17) is 0 Å². The maximum atomic E-state index is 4.54. The van der Waals surface area contributed by atoms with E-state index in [9.17, 15) is 0 Å². The summed E-state index contributed by atoms with van der Waals surface area (Å²) < 4.78 is 0. The van der Waals surface area contributed by atoms with E-state index in [0.29, 0.717) is 5.37 Å². The summed E-state index contributed by atoms with van der Waals surface area (Å²) in [5.41, 5.74) is 0. The van der Waals surface area contributed by atoms with Gasteiger partial charge >= 0.3 is 0 Å². The smallest absolute Gasteiger partial charge is 0.0980 e. The summed E-state index contributed by atoms with van der Waals surface area (Å²) in [6.07, 6.45) is 5.16. The van der Waals surface area contributed by atoms with Gasteiger partial charge in [-0.2, -0.15) is 5.10 Å². The van der Waals surface area contributed by atoms with E-state index in [1.54, 1.807) is 0 Å². The average Bonchev–Trinajstić information content (AvgIpc) is 2.46. The number of piperidine rings is 1. The Morgan fingerprint density at radius 1 is 1.64 bits per heavy atom. The Labute approximate surface area is 72.0 Å². The Hall–Kier alpha value is -0.180. The molecule has 1 saturated heterocycles. The van der Waals surface area contributed by atoms with E-state index in [-0.39, 0.29) is 0 Å². The molecule has 11 heavy (non-hydrogen) atoms. The third-order valence-corrected chi connectivity index (χ3v) is 3.63. The standard InChI is InChI=1S/C8H14N2S/c1-2-7-9-10-6-4-3-5-8(10)11-7/h8H,2-6H2,1H3. The van der Waals surface area contributed by atoms with Crippen LogP contribution in [0.1, 0.15) is 32.6 Å². The molecule has 1 atom stereocenters. The minimum absolute atomic E-state index is 0.693. The molecule has 0 bridgehead atoms. The van der Waals surface area contributed by atoms with E-state index in [1.165, 1.54) is 30.9 Å². The molecule has 0 aliphatic carbocycles. The molecular weight excluding hydrogens is 156 g/mol. The van der Waals surface area contributed by atoms with Crippen LogP contribution in [0.15, 0.2) is 5.10 Å². The van der Waals surface area contributed by atoms with Crippen molar-refractivity contribution in [3.05, 3.63) is 0 Å². The third-order valence-electron chi connectivity index (χ3n) is 2.24. The molecule has 0 N–H and O–H groups in total. The maximum absolute atomic E-state index is 4.54. The van der Waals surface area contributed by atoms with Crippen LogP contribution in [0.4, 0.5) is 0 Å². The van der Waals surface area contributed by atoms with Crippen molar-refractivity contribution in [2.24, 2.45) is 5.10 Å². The van der Waals surface area contributed by atoms with Crippen LogP contribution in [0.5, 0.6) is 0 Å². The molecule has 3 heteroatoms.